The maximum absolute atomic E-state index is 12.3. The third-order valence-corrected chi connectivity index (χ3v) is 4.30. The molecule has 0 radical (unpaired) electrons. The van der Waals surface area contributed by atoms with Gasteiger partial charge in [0.25, 0.3) is 0 Å². The standard InChI is InChI=1S/C19H23N3O3/c1-12(2)25-19(24)18-10-20-11-22(18)17-6-4-5-14-9-15(21-13(3)23)7-8-16(14)17/h7-12,17H,4-6H2,1-3H3,(H,21,23)/t17-/m0/s1. The Morgan fingerprint density at radius 1 is 1.36 bits per heavy atom. The number of ether oxygens (including phenoxy) is 1. The highest BCUT2D eigenvalue weighted by atomic mass is 16.5. The lowest BCUT2D eigenvalue weighted by molar-refractivity contribution is -0.114. The Balaban J connectivity index is 1.93. The van der Waals surface area contributed by atoms with E-state index in [4.69, 9.17) is 4.74 Å². The molecule has 2 aromatic rings. The van der Waals surface area contributed by atoms with E-state index < -0.39 is 0 Å². The summed E-state index contributed by atoms with van der Waals surface area (Å²) in [5.41, 5.74) is 3.63. The first-order chi connectivity index (χ1) is 12.0. The number of hydrogen-bond acceptors (Lipinski definition) is 4. The first-order valence-corrected chi connectivity index (χ1v) is 8.59. The second-order valence-corrected chi connectivity index (χ2v) is 6.64. The predicted molar refractivity (Wildman–Crippen MR) is 94.6 cm³/mol. The normalized spacial score (nSPS) is 16.4. The Hall–Kier alpha value is -2.63. The summed E-state index contributed by atoms with van der Waals surface area (Å²) in [5, 5.41) is 2.82. The zero-order valence-corrected chi connectivity index (χ0v) is 14.8. The molecule has 0 unspecified atom stereocenters. The highest BCUT2D eigenvalue weighted by Gasteiger charge is 2.26. The fraction of sp³-hybridized carbons (Fsp3) is 0.421. The van der Waals surface area contributed by atoms with E-state index in [9.17, 15) is 9.59 Å². The van der Waals surface area contributed by atoms with Crippen LogP contribution in [0.5, 0.6) is 0 Å². The van der Waals surface area contributed by atoms with E-state index in [1.54, 1.807) is 12.5 Å². The van der Waals surface area contributed by atoms with E-state index in [0.29, 0.717) is 5.69 Å². The van der Waals surface area contributed by atoms with Gasteiger partial charge in [-0.25, -0.2) is 9.78 Å². The molecular formula is C19H23N3O3. The fourth-order valence-electron chi connectivity index (χ4n) is 3.34. The molecule has 1 amide bonds. The van der Waals surface area contributed by atoms with Crippen molar-refractivity contribution in [3.63, 3.8) is 0 Å². The number of fused-ring (bicyclic) bond motifs is 1. The monoisotopic (exact) mass is 341 g/mol. The predicted octanol–water partition coefficient (Wildman–Crippen LogP) is 3.33. The highest BCUT2D eigenvalue weighted by Crippen LogP contribution is 2.35. The van der Waals surface area contributed by atoms with Gasteiger partial charge in [-0.05, 0) is 56.4 Å². The van der Waals surface area contributed by atoms with Crippen molar-refractivity contribution in [1.82, 2.24) is 9.55 Å². The van der Waals surface area contributed by atoms with Crippen LogP contribution in [0.2, 0.25) is 0 Å². The Labute approximate surface area is 147 Å². The SMILES string of the molecule is CC(=O)Nc1ccc2c(c1)CCC[C@@H]2n1cncc1C(=O)OC(C)C. The second kappa shape index (κ2) is 7.09. The van der Waals surface area contributed by atoms with Crippen LogP contribution in [0.25, 0.3) is 0 Å². The Kier molecular flexibility index (Phi) is 4.88. The smallest absolute Gasteiger partial charge is 0.356 e. The molecule has 1 heterocycles. The van der Waals surface area contributed by atoms with Crippen molar-refractivity contribution < 1.29 is 14.3 Å². The van der Waals surface area contributed by atoms with Crippen LogP contribution in [0, 0.1) is 0 Å². The van der Waals surface area contributed by atoms with Crippen LogP contribution < -0.4 is 5.32 Å². The van der Waals surface area contributed by atoms with Gasteiger partial charge in [-0.3, -0.25) is 4.79 Å². The number of imidazole rings is 1. The second-order valence-electron chi connectivity index (χ2n) is 6.64. The third-order valence-electron chi connectivity index (χ3n) is 4.30. The molecule has 1 aliphatic carbocycles. The van der Waals surface area contributed by atoms with E-state index in [1.165, 1.54) is 12.5 Å². The lowest BCUT2D eigenvalue weighted by Gasteiger charge is -2.28. The van der Waals surface area contributed by atoms with E-state index in [0.717, 1.165) is 30.5 Å². The van der Waals surface area contributed by atoms with Crippen molar-refractivity contribution in [2.24, 2.45) is 0 Å². The summed E-state index contributed by atoms with van der Waals surface area (Å²) in [6.45, 7) is 5.16. The number of amides is 1. The van der Waals surface area contributed by atoms with Crippen molar-refractivity contribution in [2.45, 2.75) is 52.2 Å². The summed E-state index contributed by atoms with van der Waals surface area (Å²) >= 11 is 0. The van der Waals surface area contributed by atoms with Crippen LogP contribution in [0.15, 0.2) is 30.7 Å². The summed E-state index contributed by atoms with van der Waals surface area (Å²) in [7, 11) is 0. The summed E-state index contributed by atoms with van der Waals surface area (Å²) in [6, 6.07) is 6.00. The quantitative estimate of drug-likeness (QED) is 0.866. The van der Waals surface area contributed by atoms with Crippen LogP contribution in [0.3, 0.4) is 0 Å². The lowest BCUT2D eigenvalue weighted by atomic mass is 9.87. The maximum Gasteiger partial charge on any atom is 0.356 e. The Morgan fingerprint density at radius 2 is 2.16 bits per heavy atom. The Morgan fingerprint density at radius 3 is 2.88 bits per heavy atom. The van der Waals surface area contributed by atoms with E-state index in [-0.39, 0.29) is 24.0 Å². The number of esters is 1. The van der Waals surface area contributed by atoms with Crippen LogP contribution in [-0.2, 0) is 16.0 Å². The molecule has 3 rings (SSSR count). The number of aryl methyl sites for hydroxylation is 1. The van der Waals surface area contributed by atoms with Gasteiger partial charge in [0.15, 0.2) is 0 Å². The molecule has 6 heteroatoms. The topological polar surface area (TPSA) is 73.2 Å². The fourth-order valence-corrected chi connectivity index (χ4v) is 3.34. The third kappa shape index (κ3) is 3.73. The van der Waals surface area contributed by atoms with Crippen molar-refractivity contribution in [3.05, 3.63) is 47.5 Å². The average Bonchev–Trinajstić information content (AvgIpc) is 3.02. The van der Waals surface area contributed by atoms with E-state index in [1.807, 2.05) is 36.6 Å². The zero-order chi connectivity index (χ0) is 18.0. The van der Waals surface area contributed by atoms with Gasteiger partial charge in [0.05, 0.1) is 24.7 Å². The van der Waals surface area contributed by atoms with Crippen molar-refractivity contribution >= 4 is 17.6 Å². The molecule has 1 atom stereocenters. The number of hydrogen-bond donors (Lipinski definition) is 1. The van der Waals surface area contributed by atoms with Gasteiger partial charge in [-0.15, -0.1) is 0 Å². The van der Waals surface area contributed by atoms with Crippen LogP contribution in [0.4, 0.5) is 5.69 Å². The number of carbonyl (C=O) groups is 2. The number of nitrogens with one attached hydrogen (secondary N) is 1. The molecule has 0 saturated carbocycles. The van der Waals surface area contributed by atoms with Gasteiger partial charge in [0.2, 0.25) is 5.91 Å². The molecule has 0 spiro atoms. The number of anilines is 1. The summed E-state index contributed by atoms with van der Waals surface area (Å²) in [5.74, 6) is -0.435. The van der Waals surface area contributed by atoms with Gasteiger partial charge in [0.1, 0.15) is 5.69 Å². The summed E-state index contributed by atoms with van der Waals surface area (Å²) < 4.78 is 7.23. The molecule has 6 nitrogen and oxygen atoms in total. The van der Waals surface area contributed by atoms with Crippen LogP contribution >= 0.6 is 0 Å². The largest absolute Gasteiger partial charge is 0.458 e. The Bertz CT molecular complexity index is 795. The lowest BCUT2D eigenvalue weighted by Crippen LogP contribution is -2.22. The number of aromatic nitrogens is 2. The molecule has 0 saturated heterocycles. The number of carbonyl (C=O) groups excluding carboxylic acids is 2. The van der Waals surface area contributed by atoms with E-state index in [2.05, 4.69) is 10.3 Å². The molecule has 0 bridgehead atoms. The van der Waals surface area contributed by atoms with Gasteiger partial charge < -0.3 is 14.6 Å². The zero-order valence-electron chi connectivity index (χ0n) is 14.8. The molecule has 0 fully saturated rings. The number of benzene rings is 1. The highest BCUT2D eigenvalue weighted by molar-refractivity contribution is 5.89. The molecule has 1 aromatic heterocycles. The molecular weight excluding hydrogens is 318 g/mol. The average molecular weight is 341 g/mol. The minimum absolute atomic E-state index is 0.0485. The molecule has 1 aliphatic rings. The summed E-state index contributed by atoms with van der Waals surface area (Å²) in [6.07, 6.45) is 5.99. The van der Waals surface area contributed by atoms with Gasteiger partial charge in [0, 0.05) is 12.6 Å². The van der Waals surface area contributed by atoms with Gasteiger partial charge >= 0.3 is 5.97 Å². The van der Waals surface area contributed by atoms with Crippen LogP contribution in [-0.4, -0.2) is 27.5 Å². The molecule has 0 aliphatic heterocycles. The molecule has 1 N–H and O–H groups in total. The van der Waals surface area contributed by atoms with E-state index >= 15 is 0 Å². The van der Waals surface area contributed by atoms with Crippen molar-refractivity contribution in [2.75, 3.05) is 5.32 Å². The maximum atomic E-state index is 12.3. The first kappa shape index (κ1) is 17.2. The number of nitrogens with zero attached hydrogens (tertiary/aromatic N) is 2. The number of rotatable bonds is 4. The molecule has 25 heavy (non-hydrogen) atoms. The minimum Gasteiger partial charge on any atom is -0.458 e. The van der Waals surface area contributed by atoms with Crippen molar-refractivity contribution in [1.29, 1.82) is 0 Å². The molecule has 132 valence electrons. The van der Waals surface area contributed by atoms with Crippen molar-refractivity contribution in [3.8, 4) is 0 Å². The molecule has 1 aromatic carbocycles. The van der Waals surface area contributed by atoms with Crippen LogP contribution in [0.1, 0.15) is 61.3 Å². The minimum atomic E-state index is -0.352. The van der Waals surface area contributed by atoms with Gasteiger partial charge in [-0.2, -0.15) is 0 Å². The van der Waals surface area contributed by atoms with Gasteiger partial charge in [-0.1, -0.05) is 6.07 Å². The summed E-state index contributed by atoms with van der Waals surface area (Å²) in [4.78, 5) is 27.8. The first-order valence-electron chi connectivity index (χ1n) is 8.59.